The first-order valence-electron chi connectivity index (χ1n) is 8.66. The van der Waals surface area contributed by atoms with E-state index < -0.39 is 0 Å². The molecule has 0 aliphatic carbocycles. The first-order valence-corrected chi connectivity index (χ1v) is 8.66. The summed E-state index contributed by atoms with van der Waals surface area (Å²) in [6.45, 7) is 6.89. The van der Waals surface area contributed by atoms with Crippen LogP contribution in [0, 0.1) is 13.8 Å². The molecule has 2 aromatic rings. The first-order chi connectivity index (χ1) is 11.9. The second-order valence-corrected chi connectivity index (χ2v) is 6.41. The minimum atomic E-state index is -0.179. The Morgan fingerprint density at radius 1 is 0.960 bits per heavy atom. The zero-order valence-electron chi connectivity index (χ0n) is 15.4. The lowest BCUT2D eigenvalue weighted by Crippen LogP contribution is -2.27. The number of carbonyl (C=O) groups is 2. The Bertz CT molecular complexity index is 751. The van der Waals surface area contributed by atoms with Crippen LogP contribution in [0.5, 0.6) is 0 Å². The predicted molar refractivity (Wildman–Crippen MR) is 102 cm³/mol. The van der Waals surface area contributed by atoms with Gasteiger partial charge in [-0.05, 0) is 67.8 Å². The monoisotopic (exact) mass is 338 g/mol. The van der Waals surface area contributed by atoms with E-state index in [2.05, 4.69) is 12.2 Å². The molecular weight excluding hydrogens is 312 g/mol. The van der Waals surface area contributed by atoms with Gasteiger partial charge in [-0.3, -0.25) is 9.59 Å². The maximum Gasteiger partial charge on any atom is 0.255 e. The molecule has 0 spiro atoms. The van der Waals surface area contributed by atoms with Crippen LogP contribution in [0.2, 0.25) is 0 Å². The fourth-order valence-corrected chi connectivity index (χ4v) is 2.50. The van der Waals surface area contributed by atoms with Crippen molar-refractivity contribution in [2.45, 2.75) is 33.6 Å². The molecule has 0 unspecified atom stereocenters. The standard InChI is InChI=1S/C21H26N2O2/c1-5-6-13-23(4)21(25)18-10-8-17(9-11-18)20(24)22-19-12-7-15(2)16(3)14-19/h7-12,14H,5-6,13H2,1-4H3,(H,22,24). The number of carbonyl (C=O) groups excluding carboxylic acids is 2. The van der Waals surface area contributed by atoms with Crippen molar-refractivity contribution in [3.8, 4) is 0 Å². The summed E-state index contributed by atoms with van der Waals surface area (Å²) < 4.78 is 0. The van der Waals surface area contributed by atoms with Crippen LogP contribution in [0.3, 0.4) is 0 Å². The molecule has 0 saturated carbocycles. The van der Waals surface area contributed by atoms with Crippen molar-refractivity contribution in [2.24, 2.45) is 0 Å². The van der Waals surface area contributed by atoms with Gasteiger partial charge in [-0.2, -0.15) is 0 Å². The van der Waals surface area contributed by atoms with E-state index in [9.17, 15) is 9.59 Å². The smallest absolute Gasteiger partial charge is 0.255 e. The van der Waals surface area contributed by atoms with Gasteiger partial charge in [0.25, 0.3) is 11.8 Å². The predicted octanol–water partition coefficient (Wildman–Crippen LogP) is 4.43. The Morgan fingerprint density at radius 3 is 2.20 bits per heavy atom. The van der Waals surface area contributed by atoms with E-state index in [0.717, 1.165) is 30.6 Å². The quantitative estimate of drug-likeness (QED) is 0.847. The topological polar surface area (TPSA) is 49.4 Å². The molecule has 0 atom stereocenters. The molecule has 4 nitrogen and oxygen atoms in total. The SMILES string of the molecule is CCCCN(C)C(=O)c1ccc(C(=O)Nc2ccc(C)c(C)c2)cc1. The maximum absolute atomic E-state index is 12.4. The van der Waals surface area contributed by atoms with Gasteiger partial charge >= 0.3 is 0 Å². The molecule has 2 aromatic carbocycles. The van der Waals surface area contributed by atoms with Crippen molar-refractivity contribution >= 4 is 17.5 Å². The third-order valence-corrected chi connectivity index (χ3v) is 4.35. The van der Waals surface area contributed by atoms with Crippen molar-refractivity contribution in [1.29, 1.82) is 0 Å². The summed E-state index contributed by atoms with van der Waals surface area (Å²) in [4.78, 5) is 26.4. The van der Waals surface area contributed by atoms with Gasteiger partial charge in [0.15, 0.2) is 0 Å². The molecule has 0 heterocycles. The van der Waals surface area contributed by atoms with Crippen LogP contribution in [0.1, 0.15) is 51.6 Å². The molecule has 0 radical (unpaired) electrons. The molecule has 0 aromatic heterocycles. The largest absolute Gasteiger partial charge is 0.342 e. The Labute approximate surface area is 149 Å². The van der Waals surface area contributed by atoms with Crippen LogP contribution in [0.25, 0.3) is 0 Å². The summed E-state index contributed by atoms with van der Waals surface area (Å²) in [6, 6.07) is 12.6. The number of nitrogens with one attached hydrogen (secondary N) is 1. The van der Waals surface area contributed by atoms with Gasteiger partial charge in [-0.15, -0.1) is 0 Å². The average Bonchev–Trinajstić information content (AvgIpc) is 2.62. The highest BCUT2D eigenvalue weighted by atomic mass is 16.2. The Kier molecular flexibility index (Phi) is 6.34. The first kappa shape index (κ1) is 18.7. The molecule has 2 amide bonds. The third-order valence-electron chi connectivity index (χ3n) is 4.35. The summed E-state index contributed by atoms with van der Waals surface area (Å²) in [7, 11) is 1.80. The highest BCUT2D eigenvalue weighted by molar-refractivity contribution is 6.05. The van der Waals surface area contributed by atoms with Crippen LogP contribution >= 0.6 is 0 Å². The summed E-state index contributed by atoms with van der Waals surface area (Å²) in [5, 5.41) is 2.89. The van der Waals surface area contributed by atoms with Crippen molar-refractivity contribution in [2.75, 3.05) is 18.9 Å². The van der Waals surface area contributed by atoms with E-state index in [1.807, 2.05) is 32.0 Å². The normalized spacial score (nSPS) is 10.4. The maximum atomic E-state index is 12.4. The fraction of sp³-hybridized carbons (Fsp3) is 0.333. The lowest BCUT2D eigenvalue weighted by atomic mass is 10.1. The van der Waals surface area contributed by atoms with E-state index in [4.69, 9.17) is 0 Å². The van der Waals surface area contributed by atoms with E-state index in [1.54, 1.807) is 36.2 Å². The van der Waals surface area contributed by atoms with Crippen molar-refractivity contribution in [1.82, 2.24) is 4.90 Å². The molecular formula is C21H26N2O2. The number of anilines is 1. The molecule has 0 aliphatic heterocycles. The van der Waals surface area contributed by atoms with Gasteiger partial charge in [0, 0.05) is 30.4 Å². The van der Waals surface area contributed by atoms with Crippen molar-refractivity contribution in [3.63, 3.8) is 0 Å². The number of aryl methyl sites for hydroxylation is 2. The molecule has 0 fully saturated rings. The van der Waals surface area contributed by atoms with E-state index in [0.29, 0.717) is 11.1 Å². The van der Waals surface area contributed by atoms with E-state index in [-0.39, 0.29) is 11.8 Å². The lowest BCUT2D eigenvalue weighted by Gasteiger charge is -2.16. The number of amides is 2. The second kappa shape index (κ2) is 8.47. The molecule has 25 heavy (non-hydrogen) atoms. The zero-order chi connectivity index (χ0) is 18.4. The lowest BCUT2D eigenvalue weighted by molar-refractivity contribution is 0.0792. The minimum absolute atomic E-state index is 0.0189. The molecule has 1 N–H and O–H groups in total. The molecule has 0 aliphatic rings. The van der Waals surface area contributed by atoms with Gasteiger partial charge in [-0.25, -0.2) is 0 Å². The molecule has 2 rings (SSSR count). The number of benzene rings is 2. The molecule has 4 heteroatoms. The highest BCUT2D eigenvalue weighted by Crippen LogP contribution is 2.16. The number of hydrogen-bond donors (Lipinski definition) is 1. The Morgan fingerprint density at radius 2 is 1.60 bits per heavy atom. The summed E-state index contributed by atoms with van der Waals surface area (Å²) in [5.41, 5.74) is 4.22. The van der Waals surface area contributed by atoms with Gasteiger partial charge < -0.3 is 10.2 Å². The molecule has 0 bridgehead atoms. The molecule has 132 valence electrons. The van der Waals surface area contributed by atoms with Gasteiger partial charge in [0.1, 0.15) is 0 Å². The van der Waals surface area contributed by atoms with Crippen LogP contribution < -0.4 is 5.32 Å². The summed E-state index contributed by atoms with van der Waals surface area (Å²) in [6.07, 6.45) is 2.04. The van der Waals surface area contributed by atoms with Crippen LogP contribution in [0.4, 0.5) is 5.69 Å². The number of rotatable bonds is 6. The van der Waals surface area contributed by atoms with Crippen molar-refractivity contribution in [3.05, 3.63) is 64.7 Å². The van der Waals surface area contributed by atoms with E-state index >= 15 is 0 Å². The van der Waals surface area contributed by atoms with E-state index in [1.165, 1.54) is 5.56 Å². The van der Waals surface area contributed by atoms with Crippen LogP contribution in [0.15, 0.2) is 42.5 Å². The number of hydrogen-bond acceptors (Lipinski definition) is 2. The van der Waals surface area contributed by atoms with Crippen LogP contribution in [-0.4, -0.2) is 30.3 Å². The number of unbranched alkanes of at least 4 members (excludes halogenated alkanes) is 1. The second-order valence-electron chi connectivity index (χ2n) is 6.41. The summed E-state index contributed by atoms with van der Waals surface area (Å²) >= 11 is 0. The Hall–Kier alpha value is -2.62. The molecule has 0 saturated heterocycles. The fourth-order valence-electron chi connectivity index (χ4n) is 2.50. The summed E-state index contributed by atoms with van der Waals surface area (Å²) in [5.74, 6) is -0.198. The van der Waals surface area contributed by atoms with Crippen LogP contribution in [-0.2, 0) is 0 Å². The van der Waals surface area contributed by atoms with Gasteiger partial charge in [0.2, 0.25) is 0 Å². The Balaban J connectivity index is 2.04. The average molecular weight is 338 g/mol. The number of nitrogens with zero attached hydrogens (tertiary/aromatic N) is 1. The van der Waals surface area contributed by atoms with Gasteiger partial charge in [0.05, 0.1) is 0 Å². The zero-order valence-corrected chi connectivity index (χ0v) is 15.4. The minimum Gasteiger partial charge on any atom is -0.342 e. The highest BCUT2D eigenvalue weighted by Gasteiger charge is 2.12. The van der Waals surface area contributed by atoms with Crippen molar-refractivity contribution < 1.29 is 9.59 Å². The van der Waals surface area contributed by atoms with Gasteiger partial charge in [-0.1, -0.05) is 19.4 Å². The third kappa shape index (κ3) is 4.92.